The van der Waals surface area contributed by atoms with Crippen LogP contribution >= 0.6 is 0 Å². The van der Waals surface area contributed by atoms with Gasteiger partial charge in [-0.15, -0.1) is 0 Å². The van der Waals surface area contributed by atoms with Crippen molar-refractivity contribution < 1.29 is 4.79 Å². The van der Waals surface area contributed by atoms with Crippen LogP contribution in [0.2, 0.25) is 0 Å². The molecule has 1 aromatic heterocycles. The Morgan fingerprint density at radius 3 is 2.73 bits per heavy atom. The molecule has 4 nitrogen and oxygen atoms in total. The molecule has 0 saturated carbocycles. The van der Waals surface area contributed by atoms with E-state index >= 15 is 0 Å². The van der Waals surface area contributed by atoms with Gasteiger partial charge in [-0.05, 0) is 19.1 Å². The van der Waals surface area contributed by atoms with E-state index in [0.29, 0.717) is 23.0 Å². The lowest BCUT2D eigenvalue weighted by atomic mass is 10.1. The molecule has 1 heterocycles. The van der Waals surface area contributed by atoms with Crippen LogP contribution in [0, 0.1) is 0 Å². The Bertz CT molecular complexity index is 578. The van der Waals surface area contributed by atoms with Crippen LogP contribution in [-0.2, 0) is 13.6 Å². The van der Waals surface area contributed by atoms with Crippen molar-refractivity contribution in [2.24, 2.45) is 7.05 Å². The van der Waals surface area contributed by atoms with Crippen molar-refractivity contribution in [3.8, 4) is 0 Å². The average Bonchev–Trinajstić information content (AvgIpc) is 2.51. The van der Waals surface area contributed by atoms with E-state index in [9.17, 15) is 9.59 Å². The minimum atomic E-state index is -0.0429. The topological polar surface area (TPSA) is 44.0 Å². The molecule has 15 heavy (non-hydrogen) atoms. The fourth-order valence-electron chi connectivity index (χ4n) is 1.94. The van der Waals surface area contributed by atoms with E-state index in [1.54, 1.807) is 34.6 Å². The highest BCUT2D eigenvalue weighted by Gasteiger charge is 2.11. The lowest BCUT2D eigenvalue weighted by Gasteiger charge is -2.04. The zero-order chi connectivity index (χ0) is 11.0. The fraction of sp³-hybridized carbons (Fsp3) is 0.273. The second-order valence-electron chi connectivity index (χ2n) is 3.41. The summed E-state index contributed by atoms with van der Waals surface area (Å²) in [6.45, 7) is 2.50. The van der Waals surface area contributed by atoms with Gasteiger partial charge in [0.05, 0.1) is 10.9 Å². The highest BCUT2D eigenvalue weighted by Crippen LogP contribution is 2.14. The first-order valence-corrected chi connectivity index (χ1v) is 4.84. The Hall–Kier alpha value is -1.84. The van der Waals surface area contributed by atoms with Crippen LogP contribution in [0.1, 0.15) is 17.3 Å². The Kier molecular flexibility index (Phi) is 2.19. The molecule has 0 bridgehead atoms. The number of hydrogen-bond acceptors (Lipinski definition) is 2. The molecular weight excluding hydrogens is 192 g/mol. The number of nitrogens with zero attached hydrogens (tertiary/aromatic N) is 2. The molecule has 0 aliphatic heterocycles. The van der Waals surface area contributed by atoms with E-state index in [4.69, 9.17) is 0 Å². The molecule has 0 aliphatic rings. The molecule has 1 aromatic carbocycles. The SMILES string of the molecule is CCn1c(=O)c2cccc(C=O)c2n1C. The van der Waals surface area contributed by atoms with Gasteiger partial charge in [-0.25, -0.2) is 0 Å². The number of para-hydroxylation sites is 1. The molecule has 78 valence electrons. The van der Waals surface area contributed by atoms with E-state index in [1.807, 2.05) is 6.92 Å². The van der Waals surface area contributed by atoms with Crippen molar-refractivity contribution in [1.82, 2.24) is 9.36 Å². The summed E-state index contributed by atoms with van der Waals surface area (Å²) in [5, 5.41) is 0.601. The predicted molar refractivity (Wildman–Crippen MR) is 58.2 cm³/mol. The maximum atomic E-state index is 11.9. The molecular formula is C11H12N2O2. The number of fused-ring (bicyclic) bond motifs is 1. The van der Waals surface area contributed by atoms with Crippen molar-refractivity contribution in [2.45, 2.75) is 13.5 Å². The minimum absolute atomic E-state index is 0.0429. The zero-order valence-corrected chi connectivity index (χ0v) is 8.73. The summed E-state index contributed by atoms with van der Waals surface area (Å²) in [6, 6.07) is 5.19. The molecule has 0 aliphatic carbocycles. The van der Waals surface area contributed by atoms with Gasteiger partial charge in [0, 0.05) is 19.2 Å². The smallest absolute Gasteiger partial charge is 0.274 e. The van der Waals surface area contributed by atoms with E-state index in [1.165, 1.54) is 0 Å². The van der Waals surface area contributed by atoms with Crippen LogP contribution in [0.25, 0.3) is 10.9 Å². The second kappa shape index (κ2) is 3.38. The van der Waals surface area contributed by atoms with Gasteiger partial charge in [-0.1, -0.05) is 6.07 Å². The van der Waals surface area contributed by atoms with Crippen molar-refractivity contribution in [3.05, 3.63) is 34.1 Å². The van der Waals surface area contributed by atoms with Crippen LogP contribution in [0.5, 0.6) is 0 Å². The average molecular weight is 204 g/mol. The standard InChI is InChI=1S/C11H12N2O2/c1-3-13-11(15)9-6-4-5-8(7-14)10(9)12(13)2/h4-7H,3H2,1-2H3. The third kappa shape index (κ3) is 1.21. The Balaban J connectivity index is 3.01. The number of carbonyl (C=O) groups excluding carboxylic acids is 1. The van der Waals surface area contributed by atoms with Crippen molar-refractivity contribution in [3.63, 3.8) is 0 Å². The summed E-state index contributed by atoms with van der Waals surface area (Å²) in [6.07, 6.45) is 0.780. The number of rotatable bonds is 2. The zero-order valence-electron chi connectivity index (χ0n) is 8.73. The van der Waals surface area contributed by atoms with Gasteiger partial charge in [-0.3, -0.25) is 19.0 Å². The lowest BCUT2D eigenvalue weighted by Crippen LogP contribution is -2.19. The third-order valence-corrected chi connectivity index (χ3v) is 2.64. The van der Waals surface area contributed by atoms with Crippen LogP contribution in [0.15, 0.2) is 23.0 Å². The van der Waals surface area contributed by atoms with E-state index < -0.39 is 0 Å². The maximum Gasteiger partial charge on any atom is 0.274 e. The quantitative estimate of drug-likeness (QED) is 0.689. The Morgan fingerprint density at radius 2 is 2.13 bits per heavy atom. The molecule has 0 atom stereocenters. The van der Waals surface area contributed by atoms with Gasteiger partial charge in [-0.2, -0.15) is 0 Å². The first-order valence-electron chi connectivity index (χ1n) is 4.84. The Morgan fingerprint density at radius 1 is 1.40 bits per heavy atom. The summed E-state index contributed by atoms with van der Waals surface area (Å²) in [5.41, 5.74) is 1.22. The molecule has 2 rings (SSSR count). The number of benzene rings is 1. The van der Waals surface area contributed by atoms with Crippen LogP contribution in [0.3, 0.4) is 0 Å². The van der Waals surface area contributed by atoms with Crippen molar-refractivity contribution >= 4 is 17.2 Å². The van der Waals surface area contributed by atoms with Gasteiger partial charge in [0.2, 0.25) is 0 Å². The summed E-state index contributed by atoms with van der Waals surface area (Å²) in [7, 11) is 1.79. The van der Waals surface area contributed by atoms with Crippen LogP contribution < -0.4 is 5.56 Å². The molecule has 2 aromatic rings. The number of aromatic nitrogens is 2. The number of aryl methyl sites for hydroxylation is 1. The number of aldehydes is 1. The lowest BCUT2D eigenvalue weighted by molar-refractivity contribution is 0.112. The monoisotopic (exact) mass is 204 g/mol. The number of carbonyl (C=O) groups is 1. The van der Waals surface area contributed by atoms with Gasteiger partial charge < -0.3 is 0 Å². The van der Waals surface area contributed by atoms with E-state index in [-0.39, 0.29) is 5.56 Å². The van der Waals surface area contributed by atoms with Gasteiger partial charge in [0.25, 0.3) is 5.56 Å². The summed E-state index contributed by atoms with van der Waals surface area (Å²) >= 11 is 0. The highest BCUT2D eigenvalue weighted by molar-refractivity contribution is 5.95. The molecule has 0 radical (unpaired) electrons. The summed E-state index contributed by atoms with van der Waals surface area (Å²) in [5.74, 6) is 0. The normalized spacial score (nSPS) is 10.8. The molecule has 0 amide bonds. The molecule has 0 unspecified atom stereocenters. The molecule has 0 fully saturated rings. The first kappa shape index (κ1) is 9.71. The Labute approximate surface area is 86.7 Å². The molecule has 0 saturated heterocycles. The van der Waals surface area contributed by atoms with E-state index in [2.05, 4.69) is 0 Å². The maximum absolute atomic E-state index is 11.9. The fourth-order valence-corrected chi connectivity index (χ4v) is 1.94. The molecule has 0 N–H and O–H groups in total. The molecule has 4 heteroatoms. The van der Waals surface area contributed by atoms with Gasteiger partial charge in [0.15, 0.2) is 6.29 Å². The van der Waals surface area contributed by atoms with Crippen molar-refractivity contribution in [1.29, 1.82) is 0 Å². The largest absolute Gasteiger partial charge is 0.298 e. The molecule has 0 spiro atoms. The van der Waals surface area contributed by atoms with Crippen molar-refractivity contribution in [2.75, 3.05) is 0 Å². The van der Waals surface area contributed by atoms with Gasteiger partial charge in [0.1, 0.15) is 0 Å². The van der Waals surface area contributed by atoms with E-state index in [0.717, 1.165) is 6.29 Å². The predicted octanol–water partition coefficient (Wildman–Crippen LogP) is 1.17. The number of hydrogen-bond donors (Lipinski definition) is 0. The summed E-state index contributed by atoms with van der Waals surface area (Å²) in [4.78, 5) is 22.7. The van der Waals surface area contributed by atoms with Crippen LogP contribution in [-0.4, -0.2) is 15.6 Å². The highest BCUT2D eigenvalue weighted by atomic mass is 16.1. The second-order valence-corrected chi connectivity index (χ2v) is 3.41. The van der Waals surface area contributed by atoms with Gasteiger partial charge >= 0.3 is 0 Å². The first-order chi connectivity index (χ1) is 7.20. The summed E-state index contributed by atoms with van der Waals surface area (Å²) < 4.78 is 3.35. The minimum Gasteiger partial charge on any atom is -0.298 e. The van der Waals surface area contributed by atoms with Crippen LogP contribution in [0.4, 0.5) is 0 Å². The third-order valence-electron chi connectivity index (χ3n) is 2.64.